The van der Waals surface area contributed by atoms with E-state index in [2.05, 4.69) is 0 Å². The first-order chi connectivity index (χ1) is 14.0. The fraction of sp³-hybridized carbons (Fsp3) is 0.364. The molecule has 0 heterocycles. The van der Waals surface area contributed by atoms with E-state index in [0.29, 0.717) is 23.7 Å². The van der Waals surface area contributed by atoms with E-state index in [1.165, 1.54) is 7.11 Å². The lowest BCUT2D eigenvalue weighted by molar-refractivity contribution is -0.191. The van der Waals surface area contributed by atoms with Crippen molar-refractivity contribution in [2.75, 3.05) is 28.4 Å². The minimum atomic E-state index is -0.274. The molecule has 2 aromatic carbocycles. The van der Waals surface area contributed by atoms with E-state index in [9.17, 15) is 4.79 Å². The summed E-state index contributed by atoms with van der Waals surface area (Å²) in [5.74, 6) is 1.94. The maximum absolute atomic E-state index is 12.4. The van der Waals surface area contributed by atoms with Gasteiger partial charge in [0.15, 0.2) is 17.2 Å². The molecule has 162 valence electrons. The summed E-state index contributed by atoms with van der Waals surface area (Å²) >= 11 is 0. The first-order valence-electron chi connectivity index (χ1n) is 8.76. The summed E-state index contributed by atoms with van der Waals surface area (Å²) in [6, 6.07) is 6.75. The van der Waals surface area contributed by atoms with Gasteiger partial charge >= 0.3 is 6.15 Å². The summed E-state index contributed by atoms with van der Waals surface area (Å²) in [6.45, 7) is 0. The third-order valence-electron chi connectivity index (χ3n) is 4.77. The van der Waals surface area contributed by atoms with E-state index in [1.807, 2.05) is 12.1 Å². The second kappa shape index (κ2) is 11.0. The van der Waals surface area contributed by atoms with Crippen molar-refractivity contribution >= 4 is 6.15 Å². The first kappa shape index (κ1) is 24.7. The summed E-state index contributed by atoms with van der Waals surface area (Å²) < 4.78 is 21.9. The molecule has 1 atom stereocenters. The van der Waals surface area contributed by atoms with Crippen molar-refractivity contribution in [3.63, 3.8) is 0 Å². The van der Waals surface area contributed by atoms with Gasteiger partial charge < -0.3 is 24.7 Å². The Morgan fingerprint density at radius 3 is 2.07 bits per heavy atom. The van der Waals surface area contributed by atoms with Crippen molar-refractivity contribution < 1.29 is 28.5 Å². The highest BCUT2D eigenvalue weighted by Gasteiger charge is 2.27. The van der Waals surface area contributed by atoms with Crippen LogP contribution in [-0.4, -0.2) is 34.6 Å². The molecule has 30 heavy (non-hydrogen) atoms. The molecule has 2 N–H and O–H groups in total. The number of fused-ring (bicyclic) bond motifs is 3. The molecule has 0 aromatic heterocycles. The van der Waals surface area contributed by atoms with E-state index in [4.69, 9.17) is 34.3 Å². The van der Waals surface area contributed by atoms with Crippen molar-refractivity contribution in [3.8, 4) is 34.1 Å². The summed E-state index contributed by atoms with van der Waals surface area (Å²) in [5, 5.41) is 0. The van der Waals surface area contributed by atoms with Gasteiger partial charge in [-0.25, -0.2) is 0 Å². The molecule has 8 nitrogen and oxygen atoms in total. The van der Waals surface area contributed by atoms with E-state index in [0.717, 1.165) is 28.7 Å². The number of nitrogens with two attached hydrogens (primary N) is 1. The molecular weight excluding hydrogens is 390 g/mol. The fourth-order valence-corrected chi connectivity index (χ4v) is 3.50. The number of rotatable bonds is 4. The number of benzene rings is 1. The fourth-order valence-electron chi connectivity index (χ4n) is 3.50. The van der Waals surface area contributed by atoms with Gasteiger partial charge in [-0.05, 0) is 47.7 Å². The van der Waals surface area contributed by atoms with Crippen LogP contribution in [0.1, 0.15) is 31.0 Å². The Labute approximate surface area is 175 Å². The van der Waals surface area contributed by atoms with Crippen LogP contribution >= 0.6 is 0 Å². The number of hydrogen-bond acceptors (Lipinski definition) is 8. The van der Waals surface area contributed by atoms with Crippen LogP contribution in [0, 0.1) is 0 Å². The molecule has 8 heteroatoms. The molecule has 1 aliphatic carbocycles. The van der Waals surface area contributed by atoms with E-state index in [-0.39, 0.29) is 30.8 Å². The predicted molar refractivity (Wildman–Crippen MR) is 111 cm³/mol. The summed E-state index contributed by atoms with van der Waals surface area (Å²) in [4.78, 5) is 28.7. The molecule has 2 aromatic rings. The number of hydrogen-bond donors (Lipinski definition) is 1. The van der Waals surface area contributed by atoms with Crippen molar-refractivity contribution in [3.05, 3.63) is 45.6 Å². The third kappa shape index (κ3) is 4.62. The summed E-state index contributed by atoms with van der Waals surface area (Å²) in [5.41, 5.74) is 9.69. The smallest absolute Gasteiger partial charge is 0.373 e. The Kier molecular flexibility index (Phi) is 9.05. The van der Waals surface area contributed by atoms with Gasteiger partial charge in [0.05, 0.1) is 28.4 Å². The highest BCUT2D eigenvalue weighted by Crippen LogP contribution is 2.49. The largest absolute Gasteiger partial charge is 0.493 e. The molecule has 0 unspecified atom stereocenters. The topological polar surface area (TPSA) is 114 Å². The van der Waals surface area contributed by atoms with Gasteiger partial charge in [-0.15, -0.1) is 0 Å². The van der Waals surface area contributed by atoms with Crippen molar-refractivity contribution in [2.24, 2.45) is 5.73 Å². The van der Waals surface area contributed by atoms with Crippen LogP contribution < -0.4 is 30.1 Å². The Hall–Kier alpha value is -3.35. The summed E-state index contributed by atoms with van der Waals surface area (Å²) in [6.07, 6.45) is 1.68. The molecule has 0 radical (unpaired) electrons. The average molecular weight is 417 g/mol. The maximum Gasteiger partial charge on any atom is 0.373 e. The van der Waals surface area contributed by atoms with Crippen molar-refractivity contribution in [1.82, 2.24) is 0 Å². The van der Waals surface area contributed by atoms with Gasteiger partial charge in [0.2, 0.25) is 11.2 Å². The molecule has 1 aliphatic rings. The minimum Gasteiger partial charge on any atom is -0.493 e. The lowest BCUT2D eigenvalue weighted by atomic mass is 9.95. The Morgan fingerprint density at radius 1 is 0.933 bits per heavy atom. The highest BCUT2D eigenvalue weighted by molar-refractivity contribution is 5.82. The average Bonchev–Trinajstić information content (AvgIpc) is 2.96. The Bertz CT molecular complexity index is 982. The van der Waals surface area contributed by atoms with Crippen LogP contribution in [0.5, 0.6) is 23.0 Å². The van der Waals surface area contributed by atoms with E-state index < -0.39 is 0 Å². The van der Waals surface area contributed by atoms with Crippen molar-refractivity contribution in [1.29, 1.82) is 0 Å². The monoisotopic (exact) mass is 417 g/mol. The normalized spacial score (nSPS) is 13.6. The highest BCUT2D eigenvalue weighted by atomic mass is 16.5. The molecule has 0 aliphatic heterocycles. The number of methoxy groups -OCH3 is 4. The van der Waals surface area contributed by atoms with Crippen LogP contribution in [-0.2, 0) is 16.0 Å². The van der Waals surface area contributed by atoms with Crippen LogP contribution in [0.25, 0.3) is 11.1 Å². The maximum atomic E-state index is 12.4. The van der Waals surface area contributed by atoms with Gasteiger partial charge in [-0.1, -0.05) is 13.5 Å². The second-order valence-corrected chi connectivity index (χ2v) is 6.19. The van der Waals surface area contributed by atoms with Gasteiger partial charge in [0, 0.05) is 11.6 Å². The molecule has 0 fully saturated rings. The van der Waals surface area contributed by atoms with Crippen LogP contribution in [0.2, 0.25) is 0 Å². The van der Waals surface area contributed by atoms with Crippen LogP contribution in [0.15, 0.2) is 29.1 Å². The molecule has 0 amide bonds. The van der Waals surface area contributed by atoms with E-state index in [1.54, 1.807) is 33.5 Å². The quantitative estimate of drug-likeness (QED) is 0.808. The molecule has 0 saturated carbocycles. The lowest BCUT2D eigenvalue weighted by Gasteiger charge is -2.19. The lowest BCUT2D eigenvalue weighted by Crippen LogP contribution is -2.12. The Balaban J connectivity index is 0.00000106. The van der Waals surface area contributed by atoms with Crippen LogP contribution in [0.4, 0.5) is 0 Å². The van der Waals surface area contributed by atoms with E-state index >= 15 is 0 Å². The zero-order valence-electron chi connectivity index (χ0n) is 16.7. The van der Waals surface area contributed by atoms with Gasteiger partial charge in [0.25, 0.3) is 0 Å². The van der Waals surface area contributed by atoms with Gasteiger partial charge in [-0.2, -0.15) is 9.59 Å². The minimum absolute atomic E-state index is 0. The molecule has 0 bridgehead atoms. The van der Waals surface area contributed by atoms with Crippen LogP contribution in [0.3, 0.4) is 0 Å². The van der Waals surface area contributed by atoms with Gasteiger partial charge in [0.1, 0.15) is 0 Å². The second-order valence-electron chi connectivity index (χ2n) is 6.19. The van der Waals surface area contributed by atoms with Crippen molar-refractivity contribution in [2.45, 2.75) is 26.3 Å². The first-order valence-corrected chi connectivity index (χ1v) is 8.76. The molecule has 0 saturated heterocycles. The zero-order valence-corrected chi connectivity index (χ0v) is 16.7. The SMILES string of the molecule is C.COc1cc2c(c(OC)c1OC)-c1ccc(OC)c(=O)cc1[C@@H](N)CC2.O=C=O. The summed E-state index contributed by atoms with van der Waals surface area (Å²) in [7, 11) is 6.23. The number of carbonyl (C=O) groups excluding carboxylic acids is 2. The standard InChI is InChI=1S/C20H23NO5.CO2.CH4/c1-23-16-8-6-12-13(10-15(16)22)14(21)7-5-11-9-17(24-2)19(25-3)20(26-4)18(11)12;2-1-3;/h6,8-10,14H,5,7,21H2,1-4H3;;1H4/t14-;;/m0../s1. The van der Waals surface area contributed by atoms with Gasteiger partial charge in [-0.3, -0.25) is 4.79 Å². The molecular formula is C22H27NO7. The zero-order chi connectivity index (χ0) is 21.6. The predicted octanol–water partition coefficient (Wildman–Crippen LogP) is 2.75. The number of ether oxygens (including phenoxy) is 4. The number of aryl methyl sites for hydroxylation is 1. The molecule has 0 spiro atoms. The third-order valence-corrected chi connectivity index (χ3v) is 4.77. The molecule has 3 rings (SSSR count). The Morgan fingerprint density at radius 2 is 1.53 bits per heavy atom.